The van der Waals surface area contributed by atoms with E-state index in [-0.39, 0.29) is 6.03 Å². The smallest absolute Gasteiger partial charge is 0.317 e. The first-order chi connectivity index (χ1) is 9.29. The second-order valence-electron chi connectivity index (χ2n) is 5.31. The zero-order chi connectivity index (χ0) is 13.5. The number of hydrogen-bond acceptors (Lipinski definition) is 1. The van der Waals surface area contributed by atoms with Crippen molar-refractivity contribution in [1.82, 2.24) is 10.2 Å². The molecule has 0 bridgehead atoms. The van der Waals surface area contributed by atoms with Crippen LogP contribution in [-0.4, -0.2) is 30.6 Å². The number of piperidine rings is 1. The normalized spacial score (nSPS) is 16.4. The van der Waals surface area contributed by atoms with Crippen LogP contribution in [0.25, 0.3) is 0 Å². The number of nitrogens with zero attached hydrogens (tertiary/aromatic N) is 1. The van der Waals surface area contributed by atoms with Gasteiger partial charge in [0.1, 0.15) is 0 Å². The largest absolute Gasteiger partial charge is 0.338 e. The fourth-order valence-corrected chi connectivity index (χ4v) is 2.61. The van der Waals surface area contributed by atoms with Crippen LogP contribution in [0.4, 0.5) is 4.79 Å². The number of hydrogen-bond donors (Lipinski definition) is 1. The van der Waals surface area contributed by atoms with Gasteiger partial charge in [0, 0.05) is 19.6 Å². The van der Waals surface area contributed by atoms with Crippen LogP contribution in [0, 0.1) is 5.92 Å². The molecule has 1 aliphatic rings. The van der Waals surface area contributed by atoms with Crippen LogP contribution in [-0.2, 0) is 6.42 Å². The van der Waals surface area contributed by atoms with Crippen molar-refractivity contribution in [2.75, 3.05) is 19.6 Å². The van der Waals surface area contributed by atoms with Gasteiger partial charge >= 0.3 is 6.03 Å². The van der Waals surface area contributed by atoms with Crippen molar-refractivity contribution in [3.8, 4) is 0 Å². The molecule has 19 heavy (non-hydrogen) atoms. The maximum Gasteiger partial charge on any atom is 0.317 e. The molecule has 1 aromatic carbocycles. The van der Waals surface area contributed by atoms with Crippen molar-refractivity contribution < 1.29 is 4.79 Å². The van der Waals surface area contributed by atoms with Crippen molar-refractivity contribution in [2.45, 2.75) is 32.6 Å². The summed E-state index contributed by atoms with van der Waals surface area (Å²) in [7, 11) is 0. The second-order valence-corrected chi connectivity index (χ2v) is 5.31. The molecule has 1 N–H and O–H groups in total. The Morgan fingerprint density at radius 1 is 1.26 bits per heavy atom. The summed E-state index contributed by atoms with van der Waals surface area (Å²) in [5.41, 5.74) is 1.27. The van der Waals surface area contributed by atoms with E-state index in [2.05, 4.69) is 24.4 Å². The molecule has 1 saturated heterocycles. The Hall–Kier alpha value is -1.51. The molecular weight excluding hydrogens is 236 g/mol. The predicted molar refractivity (Wildman–Crippen MR) is 78.1 cm³/mol. The third-order valence-electron chi connectivity index (χ3n) is 4.01. The van der Waals surface area contributed by atoms with Crippen molar-refractivity contribution >= 4 is 6.03 Å². The summed E-state index contributed by atoms with van der Waals surface area (Å²) in [5, 5.41) is 3.02. The van der Waals surface area contributed by atoms with Gasteiger partial charge in [0.25, 0.3) is 0 Å². The summed E-state index contributed by atoms with van der Waals surface area (Å²) < 4.78 is 0. The minimum atomic E-state index is 0.102. The van der Waals surface area contributed by atoms with Crippen LogP contribution >= 0.6 is 0 Å². The molecule has 0 saturated carbocycles. The third kappa shape index (κ3) is 4.27. The maximum absolute atomic E-state index is 12.0. The lowest BCUT2D eigenvalue weighted by Gasteiger charge is -2.31. The predicted octanol–water partition coefficient (Wildman–Crippen LogP) is 3.06. The Morgan fingerprint density at radius 2 is 1.95 bits per heavy atom. The number of likely N-dealkylation sites (tertiary alicyclic amines) is 1. The Morgan fingerprint density at radius 3 is 2.58 bits per heavy atom. The topological polar surface area (TPSA) is 32.3 Å². The lowest BCUT2D eigenvalue weighted by Crippen LogP contribution is -2.44. The fraction of sp³-hybridized carbons (Fsp3) is 0.562. The van der Waals surface area contributed by atoms with E-state index in [1.807, 2.05) is 23.1 Å². The molecule has 0 aromatic heterocycles. The van der Waals surface area contributed by atoms with E-state index in [1.54, 1.807) is 0 Å². The van der Waals surface area contributed by atoms with Crippen molar-refractivity contribution in [3.63, 3.8) is 0 Å². The van der Waals surface area contributed by atoms with Crippen LogP contribution in [0.3, 0.4) is 0 Å². The summed E-state index contributed by atoms with van der Waals surface area (Å²) in [6, 6.07) is 10.4. The van der Waals surface area contributed by atoms with E-state index in [4.69, 9.17) is 0 Å². The van der Waals surface area contributed by atoms with E-state index >= 15 is 0 Å². The third-order valence-corrected chi connectivity index (χ3v) is 4.01. The van der Waals surface area contributed by atoms with E-state index in [0.29, 0.717) is 0 Å². The lowest BCUT2D eigenvalue weighted by molar-refractivity contribution is 0.169. The number of urea groups is 1. The van der Waals surface area contributed by atoms with Gasteiger partial charge in [-0.25, -0.2) is 4.79 Å². The average Bonchev–Trinajstić information content (AvgIpc) is 2.48. The quantitative estimate of drug-likeness (QED) is 0.886. The van der Waals surface area contributed by atoms with E-state index in [9.17, 15) is 4.79 Å². The fourth-order valence-electron chi connectivity index (χ4n) is 2.61. The summed E-state index contributed by atoms with van der Waals surface area (Å²) >= 11 is 0. The van der Waals surface area contributed by atoms with Gasteiger partial charge in [0.15, 0.2) is 0 Å². The standard InChI is InChI=1S/C16H24N2O/c1-2-14-9-12-18(13-10-14)16(19)17-11-8-15-6-4-3-5-7-15/h3-7,14H,2,8-13H2,1H3,(H,17,19). The minimum Gasteiger partial charge on any atom is -0.338 e. The highest BCUT2D eigenvalue weighted by molar-refractivity contribution is 5.74. The molecule has 0 radical (unpaired) electrons. The summed E-state index contributed by atoms with van der Waals surface area (Å²) in [4.78, 5) is 14.0. The second kappa shape index (κ2) is 7.17. The minimum absolute atomic E-state index is 0.102. The van der Waals surface area contributed by atoms with Gasteiger partial charge in [-0.2, -0.15) is 0 Å². The Kier molecular flexibility index (Phi) is 5.25. The molecule has 104 valence electrons. The average molecular weight is 260 g/mol. The van der Waals surface area contributed by atoms with Gasteiger partial charge in [-0.1, -0.05) is 43.7 Å². The highest BCUT2D eigenvalue weighted by atomic mass is 16.2. The molecule has 0 spiro atoms. The summed E-state index contributed by atoms with van der Waals surface area (Å²) in [6.07, 6.45) is 4.45. The van der Waals surface area contributed by atoms with Gasteiger partial charge in [-0.05, 0) is 30.7 Å². The highest BCUT2D eigenvalue weighted by Gasteiger charge is 2.21. The van der Waals surface area contributed by atoms with Gasteiger partial charge in [-0.15, -0.1) is 0 Å². The van der Waals surface area contributed by atoms with Gasteiger partial charge in [0.05, 0.1) is 0 Å². The Labute approximate surface area is 116 Å². The molecule has 2 amide bonds. The zero-order valence-electron chi connectivity index (χ0n) is 11.8. The van der Waals surface area contributed by atoms with E-state index < -0.39 is 0 Å². The maximum atomic E-state index is 12.0. The molecule has 1 aromatic rings. The first-order valence-electron chi connectivity index (χ1n) is 7.36. The number of amides is 2. The Balaban J connectivity index is 1.67. The van der Waals surface area contributed by atoms with E-state index in [1.165, 1.54) is 12.0 Å². The highest BCUT2D eigenvalue weighted by Crippen LogP contribution is 2.19. The molecule has 3 heteroatoms. The van der Waals surface area contributed by atoms with Crippen LogP contribution in [0.5, 0.6) is 0 Å². The molecular formula is C16H24N2O. The number of carbonyl (C=O) groups is 1. The lowest BCUT2D eigenvalue weighted by atomic mass is 9.95. The number of benzene rings is 1. The van der Waals surface area contributed by atoms with Crippen LogP contribution < -0.4 is 5.32 Å². The van der Waals surface area contributed by atoms with E-state index in [0.717, 1.165) is 44.8 Å². The van der Waals surface area contributed by atoms with Gasteiger partial charge in [-0.3, -0.25) is 0 Å². The monoisotopic (exact) mass is 260 g/mol. The van der Waals surface area contributed by atoms with Crippen molar-refractivity contribution in [2.24, 2.45) is 5.92 Å². The van der Waals surface area contributed by atoms with Gasteiger partial charge in [0.2, 0.25) is 0 Å². The number of carbonyl (C=O) groups excluding carboxylic acids is 1. The number of rotatable bonds is 4. The summed E-state index contributed by atoms with van der Waals surface area (Å²) in [5.74, 6) is 0.813. The first kappa shape index (κ1) is 13.9. The number of nitrogens with one attached hydrogen (secondary N) is 1. The van der Waals surface area contributed by atoms with Crippen molar-refractivity contribution in [3.05, 3.63) is 35.9 Å². The van der Waals surface area contributed by atoms with Crippen LogP contribution in [0.1, 0.15) is 31.7 Å². The SMILES string of the molecule is CCC1CCN(C(=O)NCCc2ccccc2)CC1. The molecule has 0 atom stereocenters. The molecule has 2 rings (SSSR count). The Bertz CT molecular complexity index is 383. The van der Waals surface area contributed by atoms with Crippen molar-refractivity contribution in [1.29, 1.82) is 0 Å². The van der Waals surface area contributed by atoms with Gasteiger partial charge < -0.3 is 10.2 Å². The molecule has 1 aliphatic heterocycles. The molecule has 0 aliphatic carbocycles. The molecule has 1 fully saturated rings. The first-order valence-corrected chi connectivity index (χ1v) is 7.36. The molecule has 0 unspecified atom stereocenters. The molecule has 3 nitrogen and oxygen atoms in total. The summed E-state index contributed by atoms with van der Waals surface area (Å²) in [6.45, 7) is 4.78. The van der Waals surface area contributed by atoms with Crippen LogP contribution in [0.15, 0.2) is 30.3 Å². The zero-order valence-corrected chi connectivity index (χ0v) is 11.8. The molecule has 1 heterocycles. The van der Waals surface area contributed by atoms with Crippen LogP contribution in [0.2, 0.25) is 0 Å².